The van der Waals surface area contributed by atoms with Crippen LogP contribution in [0.4, 0.5) is 5.69 Å². The van der Waals surface area contributed by atoms with Crippen molar-refractivity contribution in [2.75, 3.05) is 18.7 Å². The third-order valence-electron chi connectivity index (χ3n) is 4.34. The van der Waals surface area contributed by atoms with Crippen LogP contribution in [-0.2, 0) is 24.3 Å². The van der Waals surface area contributed by atoms with Gasteiger partial charge in [0.25, 0.3) is 0 Å². The molecule has 0 atom stereocenters. The zero-order valence-corrected chi connectivity index (χ0v) is 20.8. The summed E-state index contributed by atoms with van der Waals surface area (Å²) in [5.74, 6) is -1.38. The number of unbranched alkanes of at least 4 members (excludes halogenated alkanes) is 1. The van der Waals surface area contributed by atoms with Gasteiger partial charge in [0, 0.05) is 22.8 Å². The molecule has 180 valence electrons. The molecular formula is C21H26N2O7S3. The fourth-order valence-electron chi connectivity index (χ4n) is 2.72. The van der Waals surface area contributed by atoms with Gasteiger partial charge in [-0.2, -0.15) is 0 Å². The Hall–Kier alpha value is -2.41. The molecule has 0 saturated carbocycles. The number of anilines is 1. The van der Waals surface area contributed by atoms with Crippen LogP contribution >= 0.6 is 25.3 Å². The summed E-state index contributed by atoms with van der Waals surface area (Å²) in [7, 11) is -4.42. The van der Waals surface area contributed by atoms with Crippen molar-refractivity contribution in [1.82, 2.24) is 0 Å². The van der Waals surface area contributed by atoms with Gasteiger partial charge in [-0.05, 0) is 18.6 Å². The Balaban J connectivity index is 2.65. The highest BCUT2D eigenvalue weighted by Crippen LogP contribution is 2.46. The van der Waals surface area contributed by atoms with Gasteiger partial charge >= 0.3 is 11.9 Å². The van der Waals surface area contributed by atoms with Crippen LogP contribution in [0.25, 0.3) is 0 Å². The van der Waals surface area contributed by atoms with E-state index >= 15 is 0 Å². The Kier molecular flexibility index (Phi) is 9.89. The summed E-state index contributed by atoms with van der Waals surface area (Å²) < 4.78 is 40.7. The molecule has 0 bridgehead atoms. The van der Waals surface area contributed by atoms with Crippen LogP contribution in [0.5, 0.6) is 11.5 Å². The lowest BCUT2D eigenvalue weighted by molar-refractivity contribution is -0.151. The van der Waals surface area contributed by atoms with Crippen LogP contribution < -0.4 is 15.2 Å². The maximum absolute atomic E-state index is 12.8. The highest BCUT2D eigenvalue weighted by Gasteiger charge is 2.32. The van der Waals surface area contributed by atoms with Crippen molar-refractivity contribution in [2.45, 2.75) is 47.8 Å². The molecule has 0 aliphatic rings. The number of nitrogens with one attached hydrogen (secondary N) is 1. The Labute approximate surface area is 203 Å². The first-order valence-electron chi connectivity index (χ1n) is 10.1. The molecule has 0 unspecified atom stereocenters. The van der Waals surface area contributed by atoms with Crippen molar-refractivity contribution in [3.05, 3.63) is 35.9 Å². The number of thiol groups is 2. The van der Waals surface area contributed by atoms with Crippen LogP contribution in [0.2, 0.25) is 0 Å². The van der Waals surface area contributed by atoms with E-state index < -0.39 is 33.7 Å². The van der Waals surface area contributed by atoms with Crippen molar-refractivity contribution in [1.29, 1.82) is 0 Å². The van der Waals surface area contributed by atoms with Crippen molar-refractivity contribution in [2.24, 2.45) is 5.14 Å². The van der Waals surface area contributed by atoms with Crippen molar-refractivity contribution >= 4 is 52.9 Å². The van der Waals surface area contributed by atoms with E-state index in [-0.39, 0.29) is 33.2 Å². The highest BCUT2D eigenvalue weighted by atomic mass is 32.2. The lowest BCUT2D eigenvalue weighted by atomic mass is 10.1. The van der Waals surface area contributed by atoms with Gasteiger partial charge in [0.15, 0.2) is 5.75 Å². The number of para-hydroxylation sites is 1. The monoisotopic (exact) mass is 514 g/mol. The lowest BCUT2D eigenvalue weighted by Crippen LogP contribution is -2.20. The third-order valence-corrected chi connectivity index (χ3v) is 6.35. The molecule has 0 saturated heterocycles. The fraction of sp³-hybridized carbons (Fsp3) is 0.333. The predicted octanol–water partition coefficient (Wildman–Crippen LogP) is 3.98. The molecular weight excluding hydrogens is 488 g/mol. The second kappa shape index (κ2) is 12.2. The van der Waals surface area contributed by atoms with Crippen LogP contribution in [0.1, 0.15) is 43.5 Å². The van der Waals surface area contributed by atoms with Gasteiger partial charge in [0.2, 0.25) is 16.8 Å². The summed E-state index contributed by atoms with van der Waals surface area (Å²) >= 11 is 8.71. The molecule has 3 N–H and O–H groups in total. The predicted molar refractivity (Wildman–Crippen MR) is 129 cm³/mol. The van der Waals surface area contributed by atoms with E-state index in [1.165, 1.54) is 0 Å². The third kappa shape index (κ3) is 7.03. The van der Waals surface area contributed by atoms with Gasteiger partial charge in [0.1, 0.15) is 10.6 Å². The van der Waals surface area contributed by atoms with E-state index in [2.05, 4.69) is 30.6 Å². The molecule has 0 amide bonds. The summed E-state index contributed by atoms with van der Waals surface area (Å²) in [6.45, 7) is 3.35. The Bertz CT molecular complexity index is 1110. The summed E-state index contributed by atoms with van der Waals surface area (Å²) in [5, 5.41) is 8.55. The first-order chi connectivity index (χ1) is 15.6. The van der Waals surface area contributed by atoms with Gasteiger partial charge in [-0.3, -0.25) is 4.79 Å². The number of primary sulfonamides is 1. The van der Waals surface area contributed by atoms with Crippen LogP contribution in [0.3, 0.4) is 0 Å². The molecule has 0 fully saturated rings. The molecule has 0 radical (unpaired) electrons. The number of nitrogens with two attached hydrogens (primary N) is 1. The van der Waals surface area contributed by atoms with Crippen molar-refractivity contribution in [3.8, 4) is 11.5 Å². The second-order valence-electron chi connectivity index (χ2n) is 6.77. The quantitative estimate of drug-likeness (QED) is 0.153. The molecule has 0 heterocycles. The van der Waals surface area contributed by atoms with Gasteiger partial charge < -0.3 is 19.5 Å². The second-order valence-corrected chi connectivity index (χ2v) is 9.16. The topological polar surface area (TPSA) is 134 Å². The van der Waals surface area contributed by atoms with Gasteiger partial charge in [0.05, 0.1) is 11.3 Å². The number of rotatable bonds is 11. The molecule has 2 rings (SSSR count). The molecule has 0 aliphatic carbocycles. The number of benzene rings is 2. The van der Waals surface area contributed by atoms with E-state index in [9.17, 15) is 18.0 Å². The van der Waals surface area contributed by atoms with Gasteiger partial charge in [-0.1, -0.05) is 38.5 Å². The number of esters is 2. The molecule has 33 heavy (non-hydrogen) atoms. The maximum Gasteiger partial charge on any atom is 0.343 e. The smallest absolute Gasteiger partial charge is 0.343 e. The van der Waals surface area contributed by atoms with Crippen molar-refractivity contribution in [3.63, 3.8) is 0 Å². The van der Waals surface area contributed by atoms with Crippen molar-refractivity contribution < 1.29 is 32.2 Å². The number of hydrogen-bond donors (Lipinski definition) is 4. The lowest BCUT2D eigenvalue weighted by Gasteiger charge is -2.22. The van der Waals surface area contributed by atoms with Crippen LogP contribution in [0.15, 0.2) is 45.0 Å². The number of carbonyl (C=O) groups excluding carboxylic acids is 2. The highest BCUT2D eigenvalue weighted by molar-refractivity contribution is 7.90. The molecule has 12 heteroatoms. The molecule has 2 aromatic carbocycles. The SMILES string of the molecule is CCCCNc1c(S)c(C(=O)OCOC(=O)CC)c(S)c(S(N)(=O)=O)c1Oc1ccccc1. The van der Waals surface area contributed by atoms with Gasteiger partial charge in [-0.25, -0.2) is 18.4 Å². The average molecular weight is 515 g/mol. The van der Waals surface area contributed by atoms with Gasteiger partial charge in [-0.15, -0.1) is 25.3 Å². The minimum absolute atomic E-state index is 0.0428. The van der Waals surface area contributed by atoms with Crippen LogP contribution in [-0.4, -0.2) is 33.7 Å². The number of hydrogen-bond acceptors (Lipinski definition) is 10. The van der Waals surface area contributed by atoms with E-state index in [1.54, 1.807) is 37.3 Å². The normalized spacial score (nSPS) is 11.1. The van der Waals surface area contributed by atoms with E-state index in [0.717, 1.165) is 12.8 Å². The van der Waals surface area contributed by atoms with E-state index in [1.807, 2.05) is 6.92 Å². The summed E-state index contributed by atoms with van der Waals surface area (Å²) in [6.07, 6.45) is 1.70. The molecule has 0 aromatic heterocycles. The van der Waals surface area contributed by atoms with Crippen LogP contribution in [0, 0.1) is 0 Å². The molecule has 9 nitrogen and oxygen atoms in total. The summed E-state index contributed by atoms with van der Waals surface area (Å²) in [4.78, 5) is 23.3. The average Bonchev–Trinajstić information content (AvgIpc) is 2.75. The molecule has 0 spiro atoms. The first-order valence-corrected chi connectivity index (χ1v) is 12.5. The Morgan fingerprint density at radius 3 is 2.30 bits per heavy atom. The van der Waals surface area contributed by atoms with E-state index in [4.69, 9.17) is 19.3 Å². The first kappa shape index (κ1) is 26.8. The molecule has 2 aromatic rings. The zero-order chi connectivity index (χ0) is 24.6. The Morgan fingerprint density at radius 2 is 1.73 bits per heavy atom. The fourth-order valence-corrected chi connectivity index (χ4v) is 4.65. The number of carbonyl (C=O) groups is 2. The zero-order valence-electron chi connectivity index (χ0n) is 18.2. The minimum Gasteiger partial charge on any atom is -0.454 e. The Morgan fingerprint density at radius 1 is 1.06 bits per heavy atom. The summed E-state index contributed by atoms with van der Waals surface area (Å²) in [6, 6.07) is 8.45. The standard InChI is InChI=1S/C21H26N2O7S3/c1-3-5-11-23-16-17(30-13-9-7-6-8-10-13)20(33(22,26)27)19(32)15(18(16)31)21(25)29-12-28-14(24)4-2/h6-10,23,31-32H,3-5,11-12H2,1-2H3,(H2,22,26,27). The molecule has 0 aliphatic heterocycles. The number of sulfonamides is 1. The van der Waals surface area contributed by atoms with E-state index in [0.29, 0.717) is 12.3 Å². The minimum atomic E-state index is -4.42. The number of ether oxygens (including phenoxy) is 3. The largest absolute Gasteiger partial charge is 0.454 e. The summed E-state index contributed by atoms with van der Waals surface area (Å²) in [5.41, 5.74) is -0.132. The maximum atomic E-state index is 12.8.